The third-order valence-corrected chi connectivity index (χ3v) is 0.757. The van der Waals surface area contributed by atoms with Gasteiger partial charge in [-0.15, -0.1) is 0 Å². The summed E-state index contributed by atoms with van der Waals surface area (Å²) in [5.41, 5.74) is 0. The standard InChI is InChI=1S/C3H4F2N4/c4-2-7-1-9(6)3(5)8-2/h1,3H,6H2. The largest absolute Gasteiger partial charge is 0.309 e. The Morgan fingerprint density at radius 1 is 1.78 bits per heavy atom. The average molecular weight is 134 g/mol. The first-order valence-corrected chi connectivity index (χ1v) is 2.15. The number of rotatable bonds is 0. The summed E-state index contributed by atoms with van der Waals surface area (Å²) in [6.45, 7) is 0. The molecular formula is C3H4F2N4. The second-order valence-electron chi connectivity index (χ2n) is 1.40. The van der Waals surface area contributed by atoms with E-state index >= 15 is 0 Å². The monoisotopic (exact) mass is 134 g/mol. The predicted octanol–water partition coefficient (Wildman–Crippen LogP) is -0.217. The highest BCUT2D eigenvalue weighted by molar-refractivity contribution is 5.83. The van der Waals surface area contributed by atoms with Gasteiger partial charge in [-0.3, -0.25) is 0 Å². The maximum Gasteiger partial charge on any atom is 0.309 e. The van der Waals surface area contributed by atoms with Gasteiger partial charge in [-0.2, -0.15) is 18.8 Å². The Bertz CT molecular complexity index is 165. The first-order valence-electron chi connectivity index (χ1n) is 2.15. The fraction of sp³-hybridized carbons (Fsp3) is 0.333. The molecule has 0 fully saturated rings. The Kier molecular flexibility index (Phi) is 1.39. The molecule has 1 rings (SSSR count). The van der Waals surface area contributed by atoms with Crippen LogP contribution in [0.5, 0.6) is 0 Å². The minimum atomic E-state index is -1.84. The van der Waals surface area contributed by atoms with Crippen LogP contribution in [0.4, 0.5) is 8.78 Å². The molecule has 1 atom stereocenters. The minimum Gasteiger partial charge on any atom is -0.249 e. The van der Waals surface area contributed by atoms with E-state index in [0.717, 1.165) is 6.34 Å². The van der Waals surface area contributed by atoms with Gasteiger partial charge in [-0.05, 0) is 0 Å². The molecule has 2 N–H and O–H groups in total. The van der Waals surface area contributed by atoms with Gasteiger partial charge >= 0.3 is 6.09 Å². The van der Waals surface area contributed by atoms with Crippen LogP contribution in [-0.2, 0) is 0 Å². The number of halogens is 2. The molecule has 0 aromatic heterocycles. The summed E-state index contributed by atoms with van der Waals surface area (Å²) in [6.07, 6.45) is -2.11. The number of nitrogens with zero attached hydrogens (tertiary/aromatic N) is 3. The molecule has 0 aliphatic carbocycles. The second-order valence-corrected chi connectivity index (χ2v) is 1.40. The quantitative estimate of drug-likeness (QED) is 0.368. The fourth-order valence-corrected chi connectivity index (χ4v) is 0.357. The maximum atomic E-state index is 12.1. The van der Waals surface area contributed by atoms with E-state index in [4.69, 9.17) is 5.84 Å². The Morgan fingerprint density at radius 2 is 2.44 bits per heavy atom. The highest BCUT2D eigenvalue weighted by atomic mass is 19.2. The van der Waals surface area contributed by atoms with Crippen molar-refractivity contribution in [3.63, 3.8) is 0 Å². The van der Waals surface area contributed by atoms with Crippen LogP contribution in [-0.4, -0.2) is 23.9 Å². The van der Waals surface area contributed by atoms with Crippen molar-refractivity contribution >= 4 is 12.4 Å². The van der Waals surface area contributed by atoms with Crippen LogP contribution in [0.15, 0.2) is 9.98 Å². The number of amidine groups is 1. The molecule has 50 valence electrons. The molecule has 0 saturated carbocycles. The van der Waals surface area contributed by atoms with Gasteiger partial charge in [0.2, 0.25) is 0 Å². The second kappa shape index (κ2) is 2.06. The molecule has 1 heterocycles. The number of hydrogen-bond donors (Lipinski definition) is 1. The summed E-state index contributed by atoms with van der Waals surface area (Å²) in [7, 11) is 0. The normalized spacial score (nSPS) is 26.3. The lowest BCUT2D eigenvalue weighted by molar-refractivity contribution is 0.165. The van der Waals surface area contributed by atoms with Gasteiger partial charge < -0.3 is 0 Å². The van der Waals surface area contributed by atoms with Crippen LogP contribution in [0.2, 0.25) is 0 Å². The Hall–Kier alpha value is -1.04. The molecule has 0 amide bonds. The molecule has 1 aliphatic heterocycles. The van der Waals surface area contributed by atoms with Gasteiger partial charge in [-0.1, -0.05) is 0 Å². The zero-order chi connectivity index (χ0) is 6.85. The first-order chi connectivity index (χ1) is 4.20. The molecular weight excluding hydrogens is 130 g/mol. The minimum absolute atomic E-state index is 0.559. The van der Waals surface area contributed by atoms with E-state index in [1.54, 1.807) is 0 Å². The summed E-state index contributed by atoms with van der Waals surface area (Å²) >= 11 is 0. The summed E-state index contributed by atoms with van der Waals surface area (Å²) in [5.74, 6) is 4.88. The molecule has 0 saturated heterocycles. The van der Waals surface area contributed by atoms with Gasteiger partial charge in [0.25, 0.3) is 6.42 Å². The van der Waals surface area contributed by atoms with E-state index in [2.05, 4.69) is 9.98 Å². The highest BCUT2D eigenvalue weighted by Gasteiger charge is 2.14. The van der Waals surface area contributed by atoms with Crippen LogP contribution in [0, 0.1) is 0 Å². The van der Waals surface area contributed by atoms with Crippen molar-refractivity contribution in [1.82, 2.24) is 5.01 Å². The zero-order valence-electron chi connectivity index (χ0n) is 4.33. The van der Waals surface area contributed by atoms with Crippen LogP contribution >= 0.6 is 0 Å². The topological polar surface area (TPSA) is 54.0 Å². The van der Waals surface area contributed by atoms with E-state index in [-0.39, 0.29) is 0 Å². The van der Waals surface area contributed by atoms with E-state index in [9.17, 15) is 8.78 Å². The van der Waals surface area contributed by atoms with Gasteiger partial charge in [0, 0.05) is 0 Å². The molecule has 0 aromatic rings. The molecule has 4 nitrogen and oxygen atoms in total. The summed E-state index contributed by atoms with van der Waals surface area (Å²) < 4.78 is 23.9. The smallest absolute Gasteiger partial charge is 0.249 e. The van der Waals surface area contributed by atoms with E-state index in [0.29, 0.717) is 5.01 Å². The van der Waals surface area contributed by atoms with E-state index in [1.165, 1.54) is 0 Å². The molecule has 9 heavy (non-hydrogen) atoms. The van der Waals surface area contributed by atoms with Crippen LogP contribution < -0.4 is 5.84 Å². The number of alkyl halides is 1. The van der Waals surface area contributed by atoms with Crippen molar-refractivity contribution in [2.45, 2.75) is 6.42 Å². The lowest BCUT2D eigenvalue weighted by Gasteiger charge is -2.15. The van der Waals surface area contributed by atoms with Crippen LogP contribution in [0.1, 0.15) is 0 Å². The molecule has 0 radical (unpaired) electrons. The van der Waals surface area contributed by atoms with Crippen LogP contribution in [0.3, 0.4) is 0 Å². The van der Waals surface area contributed by atoms with Crippen molar-refractivity contribution in [2.75, 3.05) is 0 Å². The number of hydrogen-bond acceptors (Lipinski definition) is 4. The van der Waals surface area contributed by atoms with Gasteiger partial charge in [0.05, 0.1) is 0 Å². The van der Waals surface area contributed by atoms with Crippen molar-refractivity contribution < 1.29 is 8.78 Å². The lowest BCUT2D eigenvalue weighted by Crippen LogP contribution is -2.38. The number of hydrazine groups is 1. The van der Waals surface area contributed by atoms with Crippen LogP contribution in [0.25, 0.3) is 0 Å². The molecule has 6 heteroatoms. The molecule has 0 bridgehead atoms. The molecule has 1 aliphatic rings. The predicted molar refractivity (Wildman–Crippen MR) is 28.0 cm³/mol. The van der Waals surface area contributed by atoms with Gasteiger partial charge in [-0.25, -0.2) is 10.9 Å². The number of nitrogens with two attached hydrogens (primary N) is 1. The third kappa shape index (κ3) is 1.20. The van der Waals surface area contributed by atoms with Crippen molar-refractivity contribution in [3.8, 4) is 0 Å². The average Bonchev–Trinajstić information content (AvgIpc) is 1.80. The SMILES string of the molecule is NN1C=NC(F)=NC1F. The van der Waals surface area contributed by atoms with Gasteiger partial charge in [0.1, 0.15) is 6.34 Å². The molecule has 0 spiro atoms. The zero-order valence-corrected chi connectivity index (χ0v) is 4.33. The third-order valence-electron chi connectivity index (χ3n) is 0.757. The fourth-order valence-electron chi connectivity index (χ4n) is 0.357. The lowest BCUT2D eigenvalue weighted by atomic mass is 10.8. The van der Waals surface area contributed by atoms with Crippen molar-refractivity contribution in [1.29, 1.82) is 0 Å². The molecule has 1 unspecified atom stereocenters. The number of aliphatic imine (C=N–C) groups is 2. The highest BCUT2D eigenvalue weighted by Crippen LogP contribution is 2.01. The Labute approximate surface area is 49.7 Å². The maximum absolute atomic E-state index is 12.1. The van der Waals surface area contributed by atoms with Crippen molar-refractivity contribution in [2.24, 2.45) is 15.8 Å². The summed E-state index contributed by atoms with van der Waals surface area (Å²) in [4.78, 5) is 5.73. The molecule has 0 aromatic carbocycles. The van der Waals surface area contributed by atoms with Crippen molar-refractivity contribution in [3.05, 3.63) is 0 Å². The Balaban J connectivity index is 2.70. The van der Waals surface area contributed by atoms with E-state index in [1.807, 2.05) is 0 Å². The Morgan fingerprint density at radius 3 is 2.89 bits per heavy atom. The summed E-state index contributed by atoms with van der Waals surface area (Å²) in [6, 6.07) is 0. The van der Waals surface area contributed by atoms with E-state index < -0.39 is 12.5 Å². The summed E-state index contributed by atoms with van der Waals surface area (Å²) in [5, 5.41) is 0.559. The van der Waals surface area contributed by atoms with Gasteiger partial charge in [0.15, 0.2) is 0 Å². The first kappa shape index (κ1) is 6.09.